The van der Waals surface area contributed by atoms with Crippen LogP contribution in [0.15, 0.2) is 18.2 Å². The zero-order chi connectivity index (χ0) is 10.7. The molecule has 0 saturated carbocycles. The Hall–Kier alpha value is -0.530. The molecule has 0 aromatic heterocycles. The Bertz CT molecular complexity index is 307. The summed E-state index contributed by atoms with van der Waals surface area (Å²) < 4.78 is 0. The van der Waals surface area contributed by atoms with E-state index in [0.29, 0.717) is 5.92 Å². The van der Waals surface area contributed by atoms with Gasteiger partial charge in [-0.25, -0.2) is 0 Å². The van der Waals surface area contributed by atoms with E-state index in [0.717, 1.165) is 22.6 Å². The maximum atomic E-state index is 9.85. The first kappa shape index (κ1) is 11.5. The zero-order valence-corrected chi connectivity index (χ0v) is 9.67. The second-order valence-electron chi connectivity index (χ2n) is 4.15. The molecule has 1 aromatic rings. The first-order valence-corrected chi connectivity index (χ1v) is 5.32. The number of hydrogen-bond donors (Lipinski definition) is 1. The van der Waals surface area contributed by atoms with Gasteiger partial charge in [0, 0.05) is 5.02 Å². The Balaban J connectivity index is 2.80. The van der Waals surface area contributed by atoms with E-state index < -0.39 is 6.10 Å². The molecule has 1 nitrogen and oxygen atoms in total. The van der Waals surface area contributed by atoms with Gasteiger partial charge in [-0.15, -0.1) is 0 Å². The fourth-order valence-corrected chi connectivity index (χ4v) is 1.59. The summed E-state index contributed by atoms with van der Waals surface area (Å²) in [5, 5.41) is 10.6. The Kier molecular flexibility index (Phi) is 3.97. The molecular formula is C12H17ClO. The second-order valence-corrected chi connectivity index (χ2v) is 4.56. The molecule has 78 valence electrons. The predicted molar refractivity (Wildman–Crippen MR) is 60.6 cm³/mol. The van der Waals surface area contributed by atoms with Crippen molar-refractivity contribution in [2.75, 3.05) is 0 Å². The summed E-state index contributed by atoms with van der Waals surface area (Å²) in [5.74, 6) is 0.491. The van der Waals surface area contributed by atoms with Crippen LogP contribution in [0.4, 0.5) is 0 Å². The molecule has 0 aliphatic heterocycles. The molecular weight excluding hydrogens is 196 g/mol. The topological polar surface area (TPSA) is 20.2 Å². The lowest BCUT2D eigenvalue weighted by Gasteiger charge is -2.14. The van der Waals surface area contributed by atoms with E-state index in [2.05, 4.69) is 13.8 Å². The van der Waals surface area contributed by atoms with Crippen molar-refractivity contribution < 1.29 is 5.11 Å². The van der Waals surface area contributed by atoms with Gasteiger partial charge in [0.05, 0.1) is 6.10 Å². The van der Waals surface area contributed by atoms with E-state index in [9.17, 15) is 5.11 Å². The molecule has 0 spiro atoms. The van der Waals surface area contributed by atoms with Gasteiger partial charge in [0.1, 0.15) is 0 Å². The molecule has 1 unspecified atom stereocenters. The first-order valence-electron chi connectivity index (χ1n) is 4.95. The van der Waals surface area contributed by atoms with Crippen LogP contribution in [-0.2, 0) is 0 Å². The number of benzene rings is 1. The third-order valence-electron chi connectivity index (χ3n) is 2.28. The van der Waals surface area contributed by atoms with Gasteiger partial charge in [-0.05, 0) is 36.5 Å². The van der Waals surface area contributed by atoms with Crippen molar-refractivity contribution in [3.8, 4) is 0 Å². The standard InChI is InChI=1S/C12H17ClO/c1-8(2)6-12(14)10-5-4-9(3)11(13)7-10/h4-5,7-8,12,14H,6H2,1-3H3. The van der Waals surface area contributed by atoms with Crippen LogP contribution in [0.25, 0.3) is 0 Å². The van der Waals surface area contributed by atoms with E-state index >= 15 is 0 Å². The van der Waals surface area contributed by atoms with Crippen molar-refractivity contribution in [3.05, 3.63) is 34.3 Å². The third-order valence-corrected chi connectivity index (χ3v) is 2.68. The van der Waals surface area contributed by atoms with E-state index in [4.69, 9.17) is 11.6 Å². The lowest BCUT2D eigenvalue weighted by molar-refractivity contribution is 0.151. The van der Waals surface area contributed by atoms with Gasteiger partial charge in [0.25, 0.3) is 0 Å². The van der Waals surface area contributed by atoms with Gasteiger partial charge >= 0.3 is 0 Å². The number of halogens is 1. The summed E-state index contributed by atoms with van der Waals surface area (Å²) in [5.41, 5.74) is 1.96. The highest BCUT2D eigenvalue weighted by Crippen LogP contribution is 2.25. The molecule has 0 aliphatic rings. The predicted octanol–water partition coefficient (Wildman–Crippen LogP) is 3.73. The van der Waals surface area contributed by atoms with Gasteiger partial charge < -0.3 is 5.11 Å². The minimum absolute atomic E-state index is 0.395. The molecule has 1 N–H and O–H groups in total. The largest absolute Gasteiger partial charge is 0.388 e. The molecule has 0 heterocycles. The summed E-state index contributed by atoms with van der Waals surface area (Å²) in [4.78, 5) is 0. The minimum atomic E-state index is -0.395. The van der Waals surface area contributed by atoms with Crippen molar-refractivity contribution in [2.24, 2.45) is 5.92 Å². The lowest BCUT2D eigenvalue weighted by atomic mass is 9.99. The number of aryl methyl sites for hydroxylation is 1. The quantitative estimate of drug-likeness (QED) is 0.810. The Morgan fingerprint density at radius 3 is 2.50 bits per heavy atom. The van der Waals surface area contributed by atoms with Crippen molar-refractivity contribution >= 4 is 11.6 Å². The molecule has 0 amide bonds. The molecule has 0 radical (unpaired) electrons. The van der Waals surface area contributed by atoms with E-state index in [1.807, 2.05) is 25.1 Å². The van der Waals surface area contributed by atoms with Crippen molar-refractivity contribution in [2.45, 2.75) is 33.3 Å². The molecule has 14 heavy (non-hydrogen) atoms. The van der Waals surface area contributed by atoms with Crippen molar-refractivity contribution in [3.63, 3.8) is 0 Å². The lowest BCUT2D eigenvalue weighted by Crippen LogP contribution is -2.01. The van der Waals surface area contributed by atoms with E-state index in [-0.39, 0.29) is 0 Å². The SMILES string of the molecule is Cc1ccc(C(O)CC(C)C)cc1Cl. The summed E-state index contributed by atoms with van der Waals surface area (Å²) in [6, 6.07) is 5.74. The molecule has 1 atom stereocenters. The third kappa shape index (κ3) is 3.00. The van der Waals surface area contributed by atoms with Gasteiger partial charge in [0.2, 0.25) is 0 Å². The molecule has 0 saturated heterocycles. The fraction of sp³-hybridized carbons (Fsp3) is 0.500. The molecule has 0 bridgehead atoms. The Labute approximate surface area is 90.7 Å². The maximum absolute atomic E-state index is 9.85. The summed E-state index contributed by atoms with van der Waals surface area (Å²) in [7, 11) is 0. The van der Waals surface area contributed by atoms with Crippen LogP contribution in [0, 0.1) is 12.8 Å². The highest BCUT2D eigenvalue weighted by molar-refractivity contribution is 6.31. The maximum Gasteiger partial charge on any atom is 0.0793 e. The highest BCUT2D eigenvalue weighted by atomic mass is 35.5. The molecule has 0 aliphatic carbocycles. The van der Waals surface area contributed by atoms with Gasteiger partial charge in [-0.2, -0.15) is 0 Å². The van der Waals surface area contributed by atoms with Crippen LogP contribution in [0.2, 0.25) is 5.02 Å². The van der Waals surface area contributed by atoms with Crippen LogP contribution in [0.5, 0.6) is 0 Å². The van der Waals surface area contributed by atoms with Crippen molar-refractivity contribution in [1.29, 1.82) is 0 Å². The Morgan fingerprint density at radius 1 is 1.36 bits per heavy atom. The number of rotatable bonds is 3. The summed E-state index contributed by atoms with van der Waals surface area (Å²) in [6.45, 7) is 6.15. The van der Waals surface area contributed by atoms with Gasteiger partial charge in [-0.1, -0.05) is 37.6 Å². The zero-order valence-electron chi connectivity index (χ0n) is 8.92. The van der Waals surface area contributed by atoms with Crippen molar-refractivity contribution in [1.82, 2.24) is 0 Å². The van der Waals surface area contributed by atoms with E-state index in [1.165, 1.54) is 0 Å². The number of hydrogen-bond acceptors (Lipinski definition) is 1. The highest BCUT2D eigenvalue weighted by Gasteiger charge is 2.10. The van der Waals surface area contributed by atoms with Crippen LogP contribution in [0.3, 0.4) is 0 Å². The van der Waals surface area contributed by atoms with E-state index in [1.54, 1.807) is 0 Å². The smallest absolute Gasteiger partial charge is 0.0793 e. The summed E-state index contributed by atoms with van der Waals surface area (Å²) >= 11 is 5.98. The summed E-state index contributed by atoms with van der Waals surface area (Å²) in [6.07, 6.45) is 0.382. The average Bonchev–Trinajstić information content (AvgIpc) is 2.08. The van der Waals surface area contributed by atoms with Gasteiger partial charge in [0.15, 0.2) is 0 Å². The fourth-order valence-electron chi connectivity index (χ4n) is 1.40. The first-order chi connectivity index (χ1) is 6.50. The van der Waals surface area contributed by atoms with Gasteiger partial charge in [-0.3, -0.25) is 0 Å². The molecule has 0 fully saturated rings. The number of aliphatic hydroxyl groups is 1. The second kappa shape index (κ2) is 4.81. The van der Waals surface area contributed by atoms with Crippen LogP contribution in [-0.4, -0.2) is 5.11 Å². The average molecular weight is 213 g/mol. The normalized spacial score (nSPS) is 13.3. The number of aliphatic hydroxyl groups excluding tert-OH is 1. The van der Waals surface area contributed by atoms with Crippen LogP contribution in [0.1, 0.15) is 37.5 Å². The molecule has 2 heteroatoms. The van der Waals surface area contributed by atoms with Crippen LogP contribution < -0.4 is 0 Å². The Morgan fingerprint density at radius 2 is 2.00 bits per heavy atom. The molecule has 1 aromatic carbocycles. The monoisotopic (exact) mass is 212 g/mol. The minimum Gasteiger partial charge on any atom is -0.388 e. The van der Waals surface area contributed by atoms with Crippen LogP contribution >= 0.6 is 11.6 Å². The molecule has 1 rings (SSSR count).